The molecule has 2 rings (SSSR count). The lowest BCUT2D eigenvalue weighted by Crippen LogP contribution is -2.34. The molecule has 96 valence electrons. The molecule has 1 aliphatic carbocycles. The van der Waals surface area contributed by atoms with Gasteiger partial charge < -0.3 is 9.73 Å². The normalized spacial score (nSPS) is 15.6. The summed E-state index contributed by atoms with van der Waals surface area (Å²) in [5, 5.41) is 3.48. The SMILES string of the molecule is CCCCN(CCNCc1ccoc1)C1CC1. The van der Waals surface area contributed by atoms with E-state index in [0.717, 1.165) is 19.1 Å². The maximum atomic E-state index is 5.04. The minimum atomic E-state index is 0.886. The van der Waals surface area contributed by atoms with E-state index in [1.165, 1.54) is 44.3 Å². The Labute approximate surface area is 104 Å². The van der Waals surface area contributed by atoms with Gasteiger partial charge in [-0.3, -0.25) is 4.90 Å². The van der Waals surface area contributed by atoms with Crippen molar-refractivity contribution in [1.82, 2.24) is 10.2 Å². The minimum absolute atomic E-state index is 0.886. The van der Waals surface area contributed by atoms with E-state index in [0.29, 0.717) is 0 Å². The van der Waals surface area contributed by atoms with Crippen LogP contribution in [0.3, 0.4) is 0 Å². The number of rotatable bonds is 9. The molecule has 1 N–H and O–H groups in total. The van der Waals surface area contributed by atoms with Gasteiger partial charge in [-0.25, -0.2) is 0 Å². The Morgan fingerprint density at radius 3 is 2.94 bits per heavy atom. The van der Waals surface area contributed by atoms with Crippen LogP contribution in [-0.2, 0) is 6.54 Å². The van der Waals surface area contributed by atoms with Gasteiger partial charge in [-0.05, 0) is 31.9 Å². The fourth-order valence-electron chi connectivity index (χ4n) is 2.13. The molecule has 0 spiro atoms. The highest BCUT2D eigenvalue weighted by Gasteiger charge is 2.27. The largest absolute Gasteiger partial charge is 0.472 e. The van der Waals surface area contributed by atoms with E-state index in [-0.39, 0.29) is 0 Å². The topological polar surface area (TPSA) is 28.4 Å². The number of hydrogen-bond donors (Lipinski definition) is 1. The summed E-state index contributed by atoms with van der Waals surface area (Å²) >= 11 is 0. The van der Waals surface area contributed by atoms with Gasteiger partial charge in [-0.15, -0.1) is 0 Å². The smallest absolute Gasteiger partial charge is 0.0947 e. The Hall–Kier alpha value is -0.800. The summed E-state index contributed by atoms with van der Waals surface area (Å²) in [7, 11) is 0. The zero-order valence-electron chi connectivity index (χ0n) is 10.8. The van der Waals surface area contributed by atoms with Crippen molar-refractivity contribution in [1.29, 1.82) is 0 Å². The Morgan fingerprint density at radius 1 is 1.41 bits per heavy atom. The molecular formula is C14H24N2O. The van der Waals surface area contributed by atoms with Crippen molar-refractivity contribution in [2.75, 3.05) is 19.6 Å². The molecular weight excluding hydrogens is 212 g/mol. The van der Waals surface area contributed by atoms with Crippen molar-refractivity contribution in [2.45, 2.75) is 45.2 Å². The van der Waals surface area contributed by atoms with Crippen LogP contribution in [0, 0.1) is 0 Å². The number of furan rings is 1. The molecule has 0 aliphatic heterocycles. The second-order valence-electron chi connectivity index (χ2n) is 4.93. The molecule has 0 saturated heterocycles. The number of nitrogens with one attached hydrogen (secondary N) is 1. The van der Waals surface area contributed by atoms with Crippen molar-refractivity contribution >= 4 is 0 Å². The summed E-state index contributed by atoms with van der Waals surface area (Å²) in [6.45, 7) is 6.72. The van der Waals surface area contributed by atoms with E-state index < -0.39 is 0 Å². The molecule has 1 heterocycles. The van der Waals surface area contributed by atoms with Crippen LogP contribution < -0.4 is 5.32 Å². The van der Waals surface area contributed by atoms with Crippen molar-refractivity contribution in [3.05, 3.63) is 24.2 Å². The first-order valence-corrected chi connectivity index (χ1v) is 6.86. The van der Waals surface area contributed by atoms with Gasteiger partial charge in [0.25, 0.3) is 0 Å². The molecule has 0 aromatic carbocycles. The zero-order valence-corrected chi connectivity index (χ0v) is 10.8. The van der Waals surface area contributed by atoms with Gasteiger partial charge in [0, 0.05) is 31.2 Å². The number of hydrogen-bond acceptors (Lipinski definition) is 3. The number of nitrogens with zero attached hydrogens (tertiary/aromatic N) is 1. The summed E-state index contributed by atoms with van der Waals surface area (Å²) in [5.41, 5.74) is 1.23. The van der Waals surface area contributed by atoms with Crippen LogP contribution in [-0.4, -0.2) is 30.6 Å². The fraction of sp³-hybridized carbons (Fsp3) is 0.714. The molecule has 0 amide bonds. The van der Waals surface area contributed by atoms with Gasteiger partial charge >= 0.3 is 0 Å². The highest BCUT2D eigenvalue weighted by molar-refractivity contribution is 5.04. The van der Waals surface area contributed by atoms with Gasteiger partial charge in [-0.2, -0.15) is 0 Å². The Bertz CT molecular complexity index is 293. The predicted octanol–water partition coefficient (Wildman–Crippen LogP) is 2.63. The van der Waals surface area contributed by atoms with Crippen LogP contribution in [0.15, 0.2) is 23.0 Å². The van der Waals surface area contributed by atoms with E-state index in [4.69, 9.17) is 4.42 Å². The maximum absolute atomic E-state index is 5.04. The van der Waals surface area contributed by atoms with Crippen LogP contribution in [0.5, 0.6) is 0 Å². The quantitative estimate of drug-likeness (QED) is 0.668. The lowest BCUT2D eigenvalue weighted by atomic mass is 10.3. The minimum Gasteiger partial charge on any atom is -0.472 e. The highest BCUT2D eigenvalue weighted by Crippen LogP contribution is 2.26. The van der Waals surface area contributed by atoms with Crippen molar-refractivity contribution in [3.8, 4) is 0 Å². The third-order valence-corrected chi connectivity index (χ3v) is 3.35. The highest BCUT2D eigenvalue weighted by atomic mass is 16.3. The van der Waals surface area contributed by atoms with Crippen molar-refractivity contribution in [2.24, 2.45) is 0 Å². The first kappa shape index (κ1) is 12.7. The van der Waals surface area contributed by atoms with Gasteiger partial charge in [0.1, 0.15) is 0 Å². The Balaban J connectivity index is 1.58. The standard InChI is InChI=1S/C14H24N2O/c1-2-3-8-16(14-4-5-14)9-7-15-11-13-6-10-17-12-13/h6,10,12,14-15H,2-5,7-9,11H2,1H3. The molecule has 3 nitrogen and oxygen atoms in total. The molecule has 1 aromatic heterocycles. The Morgan fingerprint density at radius 2 is 2.29 bits per heavy atom. The molecule has 0 radical (unpaired) electrons. The van der Waals surface area contributed by atoms with E-state index >= 15 is 0 Å². The maximum Gasteiger partial charge on any atom is 0.0947 e. The number of unbranched alkanes of at least 4 members (excludes halogenated alkanes) is 1. The molecule has 17 heavy (non-hydrogen) atoms. The van der Waals surface area contributed by atoms with Crippen LogP contribution in [0.25, 0.3) is 0 Å². The summed E-state index contributed by atoms with van der Waals surface area (Å²) in [5.74, 6) is 0. The van der Waals surface area contributed by atoms with Crippen LogP contribution >= 0.6 is 0 Å². The molecule has 1 fully saturated rings. The van der Waals surface area contributed by atoms with E-state index in [1.54, 1.807) is 6.26 Å². The lowest BCUT2D eigenvalue weighted by Gasteiger charge is -2.21. The van der Waals surface area contributed by atoms with Crippen LogP contribution in [0.1, 0.15) is 38.2 Å². The van der Waals surface area contributed by atoms with Gasteiger partial charge in [0.05, 0.1) is 12.5 Å². The van der Waals surface area contributed by atoms with Crippen LogP contribution in [0.2, 0.25) is 0 Å². The molecule has 0 atom stereocenters. The van der Waals surface area contributed by atoms with Crippen molar-refractivity contribution in [3.63, 3.8) is 0 Å². The zero-order chi connectivity index (χ0) is 11.9. The molecule has 1 aromatic rings. The second-order valence-corrected chi connectivity index (χ2v) is 4.93. The molecule has 0 bridgehead atoms. The molecule has 0 unspecified atom stereocenters. The molecule has 1 aliphatic rings. The van der Waals surface area contributed by atoms with E-state index in [1.807, 2.05) is 12.3 Å². The van der Waals surface area contributed by atoms with E-state index in [2.05, 4.69) is 17.1 Å². The van der Waals surface area contributed by atoms with E-state index in [9.17, 15) is 0 Å². The summed E-state index contributed by atoms with van der Waals surface area (Å²) in [4.78, 5) is 2.64. The monoisotopic (exact) mass is 236 g/mol. The van der Waals surface area contributed by atoms with Crippen LogP contribution in [0.4, 0.5) is 0 Å². The lowest BCUT2D eigenvalue weighted by molar-refractivity contribution is 0.258. The average molecular weight is 236 g/mol. The summed E-state index contributed by atoms with van der Waals surface area (Å²) < 4.78 is 5.04. The summed E-state index contributed by atoms with van der Waals surface area (Å²) in [6, 6.07) is 2.90. The first-order chi connectivity index (χ1) is 8.40. The van der Waals surface area contributed by atoms with Gasteiger partial charge in [0.15, 0.2) is 0 Å². The second kappa shape index (κ2) is 6.82. The van der Waals surface area contributed by atoms with Gasteiger partial charge in [0.2, 0.25) is 0 Å². The molecule has 1 saturated carbocycles. The third-order valence-electron chi connectivity index (χ3n) is 3.35. The Kier molecular flexibility index (Phi) is 5.08. The third kappa shape index (κ3) is 4.52. The van der Waals surface area contributed by atoms with Crippen molar-refractivity contribution < 1.29 is 4.42 Å². The summed E-state index contributed by atoms with van der Waals surface area (Å²) in [6.07, 6.45) is 8.98. The average Bonchev–Trinajstić information content (AvgIpc) is 3.05. The predicted molar refractivity (Wildman–Crippen MR) is 69.9 cm³/mol. The van der Waals surface area contributed by atoms with Gasteiger partial charge in [-0.1, -0.05) is 13.3 Å². The first-order valence-electron chi connectivity index (χ1n) is 6.86. The fourth-order valence-corrected chi connectivity index (χ4v) is 2.13. The molecule has 3 heteroatoms.